The third-order valence-corrected chi connectivity index (χ3v) is 4.61. The second-order valence-electron chi connectivity index (χ2n) is 5.48. The van der Waals surface area contributed by atoms with Gasteiger partial charge in [0, 0.05) is 15.2 Å². The summed E-state index contributed by atoms with van der Waals surface area (Å²) in [6, 6.07) is 4.00. The molecule has 4 N–H and O–H groups in total. The van der Waals surface area contributed by atoms with Crippen LogP contribution in [0.2, 0.25) is 0 Å². The predicted octanol–water partition coefficient (Wildman–Crippen LogP) is 2.23. The summed E-state index contributed by atoms with van der Waals surface area (Å²) in [5.74, 6) is -0.570. The molecule has 1 aliphatic rings. The number of thioether (sulfide) groups is 1. The Morgan fingerprint density at radius 1 is 1.37 bits per heavy atom. The third-order valence-electron chi connectivity index (χ3n) is 3.25. The van der Waals surface area contributed by atoms with Crippen molar-refractivity contribution in [2.24, 2.45) is 16.5 Å². The Balaban J connectivity index is 2.43. The van der Waals surface area contributed by atoms with Crippen molar-refractivity contribution in [3.8, 4) is 0 Å². The molecule has 0 aromatic heterocycles. The number of aryl methyl sites for hydroxylation is 2. The zero-order valence-corrected chi connectivity index (χ0v) is 12.3. The Labute approximate surface area is 117 Å². The molecule has 2 rings (SSSR count). The van der Waals surface area contributed by atoms with Gasteiger partial charge in [0.1, 0.15) is 0 Å². The summed E-state index contributed by atoms with van der Waals surface area (Å²) in [7, 11) is 0. The second-order valence-corrected chi connectivity index (χ2v) is 7.23. The number of carbonyl (C=O) groups is 1. The molecule has 0 spiro atoms. The van der Waals surface area contributed by atoms with E-state index in [0.717, 1.165) is 23.3 Å². The standard InChI is InChI=1S/C14H19N3OS/c1-8-6-9-4-5-14(2,3)19-11(9)7-10(8)12(18)17-13(15)16/h6-7H,4-5H2,1-3H3,(H4,15,16,17,18). The molecule has 0 saturated carbocycles. The molecule has 0 aliphatic carbocycles. The highest BCUT2D eigenvalue weighted by Gasteiger charge is 2.27. The number of aliphatic imine (C=N–C) groups is 1. The highest BCUT2D eigenvalue weighted by Crippen LogP contribution is 2.43. The van der Waals surface area contributed by atoms with Crippen LogP contribution in [0.5, 0.6) is 0 Å². The summed E-state index contributed by atoms with van der Waals surface area (Å²) in [4.78, 5) is 16.7. The molecule has 0 unspecified atom stereocenters. The SMILES string of the molecule is Cc1cc2c(cc1C(=O)N=C(N)N)SC(C)(C)CC2. The Bertz CT molecular complexity index is 560. The minimum atomic E-state index is -0.371. The highest BCUT2D eigenvalue weighted by molar-refractivity contribution is 8.00. The summed E-state index contributed by atoms with van der Waals surface area (Å²) in [5.41, 5.74) is 13.3. The van der Waals surface area contributed by atoms with E-state index in [1.807, 2.05) is 24.8 Å². The molecular formula is C14H19N3OS. The smallest absolute Gasteiger partial charge is 0.280 e. The van der Waals surface area contributed by atoms with E-state index in [2.05, 4.69) is 24.9 Å². The maximum atomic E-state index is 12.0. The van der Waals surface area contributed by atoms with E-state index in [0.29, 0.717) is 5.56 Å². The summed E-state index contributed by atoms with van der Waals surface area (Å²) >= 11 is 1.81. The van der Waals surface area contributed by atoms with Crippen molar-refractivity contribution in [2.45, 2.75) is 43.3 Å². The fourth-order valence-electron chi connectivity index (χ4n) is 2.23. The van der Waals surface area contributed by atoms with Crippen molar-refractivity contribution in [1.29, 1.82) is 0 Å². The fraction of sp³-hybridized carbons (Fsp3) is 0.429. The lowest BCUT2D eigenvalue weighted by Gasteiger charge is -2.31. The van der Waals surface area contributed by atoms with E-state index in [1.54, 1.807) is 0 Å². The van der Waals surface area contributed by atoms with Crippen molar-refractivity contribution in [1.82, 2.24) is 0 Å². The number of nitrogens with two attached hydrogens (primary N) is 2. The van der Waals surface area contributed by atoms with E-state index in [-0.39, 0.29) is 16.6 Å². The van der Waals surface area contributed by atoms with Crippen molar-refractivity contribution >= 4 is 23.6 Å². The Kier molecular flexibility index (Phi) is 3.58. The lowest BCUT2D eigenvalue weighted by Crippen LogP contribution is -2.24. The minimum Gasteiger partial charge on any atom is -0.370 e. The minimum absolute atomic E-state index is 0.199. The van der Waals surface area contributed by atoms with Crippen molar-refractivity contribution in [3.63, 3.8) is 0 Å². The molecule has 0 atom stereocenters. The molecule has 0 fully saturated rings. The zero-order valence-electron chi connectivity index (χ0n) is 11.5. The predicted molar refractivity (Wildman–Crippen MR) is 79.6 cm³/mol. The van der Waals surface area contributed by atoms with Crippen LogP contribution in [0.15, 0.2) is 22.0 Å². The first-order valence-electron chi connectivity index (χ1n) is 6.25. The van der Waals surface area contributed by atoms with Crippen LogP contribution in [0.3, 0.4) is 0 Å². The van der Waals surface area contributed by atoms with Gasteiger partial charge in [-0.1, -0.05) is 19.9 Å². The molecule has 0 bridgehead atoms. The highest BCUT2D eigenvalue weighted by atomic mass is 32.2. The molecule has 1 amide bonds. The topological polar surface area (TPSA) is 81.5 Å². The van der Waals surface area contributed by atoms with Crippen molar-refractivity contribution < 1.29 is 4.79 Å². The first kappa shape index (κ1) is 13.9. The molecule has 1 heterocycles. The number of benzene rings is 1. The van der Waals surface area contributed by atoms with E-state index in [1.165, 1.54) is 5.56 Å². The monoisotopic (exact) mass is 277 g/mol. The van der Waals surface area contributed by atoms with Gasteiger partial charge in [-0.25, -0.2) is 0 Å². The Hall–Kier alpha value is -1.49. The number of amides is 1. The van der Waals surface area contributed by atoms with Crippen LogP contribution in [0.4, 0.5) is 0 Å². The van der Waals surface area contributed by atoms with E-state index >= 15 is 0 Å². The average Bonchev–Trinajstić information content (AvgIpc) is 2.27. The molecular weight excluding hydrogens is 258 g/mol. The average molecular weight is 277 g/mol. The van der Waals surface area contributed by atoms with E-state index in [9.17, 15) is 4.79 Å². The fourth-order valence-corrected chi connectivity index (χ4v) is 3.50. The summed E-state index contributed by atoms with van der Waals surface area (Å²) in [5, 5.41) is 0. The van der Waals surface area contributed by atoms with Crippen LogP contribution in [0, 0.1) is 6.92 Å². The van der Waals surface area contributed by atoms with Crippen molar-refractivity contribution in [3.05, 3.63) is 28.8 Å². The summed E-state index contributed by atoms with van der Waals surface area (Å²) in [6.45, 7) is 6.36. The van der Waals surface area contributed by atoms with Gasteiger partial charge in [-0.2, -0.15) is 4.99 Å². The number of fused-ring (bicyclic) bond motifs is 1. The lowest BCUT2D eigenvalue weighted by molar-refractivity contribution is 0.100. The van der Waals surface area contributed by atoms with Gasteiger partial charge >= 0.3 is 0 Å². The molecule has 1 aromatic rings. The van der Waals surface area contributed by atoms with Crippen LogP contribution in [-0.2, 0) is 6.42 Å². The van der Waals surface area contributed by atoms with Crippen LogP contribution >= 0.6 is 11.8 Å². The third kappa shape index (κ3) is 3.10. The zero-order chi connectivity index (χ0) is 14.2. The normalized spacial score (nSPS) is 16.6. The molecule has 0 saturated heterocycles. The van der Waals surface area contributed by atoms with Gasteiger partial charge in [-0.15, -0.1) is 11.8 Å². The molecule has 19 heavy (non-hydrogen) atoms. The van der Waals surface area contributed by atoms with Gasteiger partial charge < -0.3 is 11.5 Å². The number of hydrogen-bond donors (Lipinski definition) is 2. The largest absolute Gasteiger partial charge is 0.370 e. The second kappa shape index (κ2) is 4.89. The van der Waals surface area contributed by atoms with Crippen molar-refractivity contribution in [2.75, 3.05) is 0 Å². The molecule has 4 nitrogen and oxygen atoms in total. The van der Waals surface area contributed by atoms with Crippen LogP contribution in [-0.4, -0.2) is 16.6 Å². The van der Waals surface area contributed by atoms with E-state index < -0.39 is 0 Å². The maximum absolute atomic E-state index is 12.0. The Morgan fingerprint density at radius 2 is 2.05 bits per heavy atom. The number of hydrogen-bond acceptors (Lipinski definition) is 2. The summed E-state index contributed by atoms with van der Waals surface area (Å²) in [6.07, 6.45) is 2.19. The number of nitrogens with zero attached hydrogens (tertiary/aromatic N) is 1. The van der Waals surface area contributed by atoms with Crippen LogP contribution < -0.4 is 11.5 Å². The van der Waals surface area contributed by atoms with E-state index in [4.69, 9.17) is 11.5 Å². The molecule has 0 radical (unpaired) electrons. The number of rotatable bonds is 1. The molecule has 5 heteroatoms. The molecule has 1 aromatic carbocycles. The lowest BCUT2D eigenvalue weighted by atomic mass is 9.97. The molecule has 1 aliphatic heterocycles. The number of guanidine groups is 1. The first-order valence-corrected chi connectivity index (χ1v) is 7.07. The van der Waals surface area contributed by atoms with Crippen LogP contribution in [0.1, 0.15) is 41.8 Å². The van der Waals surface area contributed by atoms with Gasteiger partial charge in [0.05, 0.1) is 0 Å². The molecule has 102 valence electrons. The van der Waals surface area contributed by atoms with Gasteiger partial charge in [-0.3, -0.25) is 4.79 Å². The summed E-state index contributed by atoms with van der Waals surface area (Å²) < 4.78 is 0.207. The maximum Gasteiger partial charge on any atom is 0.280 e. The number of carbonyl (C=O) groups excluding carboxylic acids is 1. The van der Waals surface area contributed by atoms with Crippen LogP contribution in [0.25, 0.3) is 0 Å². The Morgan fingerprint density at radius 3 is 2.68 bits per heavy atom. The van der Waals surface area contributed by atoms with Gasteiger partial charge in [-0.05, 0) is 37.0 Å². The van der Waals surface area contributed by atoms with Gasteiger partial charge in [0.25, 0.3) is 5.91 Å². The first-order chi connectivity index (χ1) is 8.78. The van der Waals surface area contributed by atoms with Gasteiger partial charge in [0.2, 0.25) is 0 Å². The quantitative estimate of drug-likeness (QED) is 0.609. The van der Waals surface area contributed by atoms with Gasteiger partial charge in [0.15, 0.2) is 5.96 Å².